The molecule has 4 nitrogen and oxygen atoms in total. The molecule has 0 saturated carbocycles. The van der Waals surface area contributed by atoms with Gasteiger partial charge in [0.2, 0.25) is 0 Å². The highest BCUT2D eigenvalue weighted by Gasteiger charge is 2.30. The van der Waals surface area contributed by atoms with Gasteiger partial charge in [0.15, 0.2) is 0 Å². The third-order valence-electron chi connectivity index (χ3n) is 2.09. The van der Waals surface area contributed by atoms with Gasteiger partial charge in [0.25, 0.3) is 0 Å². The zero-order chi connectivity index (χ0) is 9.97. The molecule has 0 aliphatic heterocycles. The summed E-state index contributed by atoms with van der Waals surface area (Å²) in [5.74, 6) is 0. The maximum absolute atomic E-state index is 8.80. The lowest BCUT2D eigenvalue weighted by Crippen LogP contribution is -2.19. The van der Waals surface area contributed by atoms with Crippen LogP contribution in [0, 0.1) is 0 Å². The predicted molar refractivity (Wildman–Crippen MR) is 51.8 cm³/mol. The second-order valence-electron chi connectivity index (χ2n) is 2.85. The van der Waals surface area contributed by atoms with Crippen molar-refractivity contribution in [1.29, 1.82) is 0 Å². The summed E-state index contributed by atoms with van der Waals surface area (Å²) in [6, 6.07) is 7.42. The normalized spacial score (nSPS) is 13.1. The lowest BCUT2D eigenvalue weighted by atomic mass is 9.94. The van der Waals surface area contributed by atoms with E-state index >= 15 is 0 Å². The Kier molecular flexibility index (Phi) is 1.92. The van der Waals surface area contributed by atoms with Gasteiger partial charge in [-0.15, -0.1) is 0 Å². The third-order valence-corrected chi connectivity index (χ3v) is 2.09. The van der Waals surface area contributed by atoms with Crippen LogP contribution < -0.4 is 0 Å². The van der Waals surface area contributed by atoms with Gasteiger partial charge in [-0.05, 0) is 17.7 Å². The van der Waals surface area contributed by atoms with Crippen molar-refractivity contribution in [3.05, 3.63) is 52.5 Å². The van der Waals surface area contributed by atoms with Crippen LogP contribution in [0.25, 0.3) is 17.1 Å². The predicted octanol–water partition coefficient (Wildman–Crippen LogP) is 1.40. The van der Waals surface area contributed by atoms with E-state index in [1.165, 1.54) is 0 Å². The van der Waals surface area contributed by atoms with Crippen molar-refractivity contribution in [2.45, 2.75) is 0 Å². The molecular weight excluding hydrogens is 176 g/mol. The first-order valence-electron chi connectivity index (χ1n) is 4.09. The molecule has 0 unspecified atom stereocenters. The molecule has 0 amide bonds. The topological polar surface area (TPSA) is 72.8 Å². The van der Waals surface area contributed by atoms with Crippen LogP contribution in [-0.2, 0) is 0 Å². The minimum Gasteiger partial charge on any atom is -0.360 e. The van der Waals surface area contributed by atoms with Crippen molar-refractivity contribution in [1.82, 2.24) is 0 Å². The second kappa shape index (κ2) is 3.23. The fourth-order valence-corrected chi connectivity index (χ4v) is 1.43. The third kappa shape index (κ3) is 1.12. The van der Waals surface area contributed by atoms with Gasteiger partial charge in [-0.1, -0.05) is 18.2 Å². The Morgan fingerprint density at radius 1 is 0.929 bits per heavy atom. The van der Waals surface area contributed by atoms with Crippen LogP contribution in [0.1, 0.15) is 11.1 Å². The van der Waals surface area contributed by atoms with E-state index in [0.717, 1.165) is 11.1 Å². The smallest absolute Gasteiger partial charge is 0.360 e. The molecule has 14 heavy (non-hydrogen) atoms. The maximum atomic E-state index is 8.80. The average molecular weight is 182 g/mol. The number of hydrogen-bond donors (Lipinski definition) is 0. The van der Waals surface area contributed by atoms with E-state index in [4.69, 9.17) is 11.1 Å². The summed E-state index contributed by atoms with van der Waals surface area (Å²) in [5, 5.41) is 0. The van der Waals surface area contributed by atoms with E-state index in [9.17, 15) is 0 Å². The van der Waals surface area contributed by atoms with Crippen LogP contribution in [0.15, 0.2) is 30.3 Å². The first-order chi connectivity index (χ1) is 6.86. The molecule has 0 fully saturated rings. The Morgan fingerprint density at radius 2 is 1.71 bits per heavy atom. The van der Waals surface area contributed by atoms with Crippen molar-refractivity contribution in [3.8, 4) is 0 Å². The minimum atomic E-state index is 0.256. The van der Waals surface area contributed by atoms with Gasteiger partial charge in [-0.2, -0.15) is 9.58 Å². The molecule has 0 atom stereocenters. The fourth-order valence-electron chi connectivity index (χ4n) is 1.43. The molecule has 66 valence electrons. The molecule has 0 aromatic heterocycles. The highest BCUT2D eigenvalue weighted by atomic mass is 14.9. The first-order valence-corrected chi connectivity index (χ1v) is 4.09. The number of hydrogen-bond acceptors (Lipinski definition) is 0. The SMILES string of the molecule is [N-]=[N+]=C1C=Cc2ccccc2C1=[N+]=[N-]. The molecule has 0 saturated heterocycles. The molecule has 0 N–H and O–H groups in total. The lowest BCUT2D eigenvalue weighted by Gasteiger charge is -2.01. The number of rotatable bonds is 0. The largest absolute Gasteiger partial charge is 0.410 e. The molecule has 4 heteroatoms. The zero-order valence-corrected chi connectivity index (χ0v) is 7.25. The summed E-state index contributed by atoms with van der Waals surface area (Å²) in [7, 11) is 0. The fraction of sp³-hybridized carbons (Fsp3) is 0. The monoisotopic (exact) mass is 182 g/mol. The standard InChI is InChI=1S/C10H6N4/c11-13-9-6-5-7-3-1-2-4-8(7)10(9)14-12/h1-6H. The Hall–Kier alpha value is -2.28. The van der Waals surface area contributed by atoms with Crippen molar-refractivity contribution >= 4 is 17.5 Å². The lowest BCUT2D eigenvalue weighted by molar-refractivity contribution is -0.0222. The number of allylic oxidation sites excluding steroid dienone is 1. The highest BCUT2D eigenvalue weighted by molar-refractivity contribution is 6.50. The summed E-state index contributed by atoms with van der Waals surface area (Å²) in [6.07, 6.45) is 3.40. The highest BCUT2D eigenvalue weighted by Crippen LogP contribution is 2.16. The maximum Gasteiger partial charge on any atom is 0.410 e. The molecule has 1 aromatic rings. The molecular formula is C10H6N4. The quantitative estimate of drug-likeness (QED) is 0.429. The van der Waals surface area contributed by atoms with Crippen LogP contribution in [0.2, 0.25) is 0 Å². The summed E-state index contributed by atoms with van der Waals surface area (Å²) in [5.41, 5.74) is 19.7. The molecule has 0 bridgehead atoms. The molecule has 0 radical (unpaired) electrons. The molecule has 0 heterocycles. The van der Waals surface area contributed by atoms with Crippen LogP contribution >= 0.6 is 0 Å². The summed E-state index contributed by atoms with van der Waals surface area (Å²) < 4.78 is 0. The van der Waals surface area contributed by atoms with Gasteiger partial charge < -0.3 is 11.1 Å². The number of fused-ring (bicyclic) bond motifs is 1. The van der Waals surface area contributed by atoms with Crippen LogP contribution in [-0.4, -0.2) is 21.0 Å². The zero-order valence-electron chi connectivity index (χ0n) is 7.25. The van der Waals surface area contributed by atoms with Crippen molar-refractivity contribution in [2.24, 2.45) is 0 Å². The van der Waals surface area contributed by atoms with Crippen molar-refractivity contribution in [2.75, 3.05) is 0 Å². The Labute approximate surface area is 80.4 Å². The van der Waals surface area contributed by atoms with Crippen LogP contribution in [0.3, 0.4) is 0 Å². The first kappa shape index (κ1) is 8.32. The Balaban J connectivity index is 2.77. The average Bonchev–Trinajstić information content (AvgIpc) is 2.27. The minimum absolute atomic E-state index is 0.256. The van der Waals surface area contributed by atoms with E-state index in [2.05, 4.69) is 9.58 Å². The van der Waals surface area contributed by atoms with Gasteiger partial charge >= 0.3 is 11.4 Å². The van der Waals surface area contributed by atoms with E-state index in [1.54, 1.807) is 18.2 Å². The van der Waals surface area contributed by atoms with Gasteiger partial charge in [-0.25, -0.2) is 0 Å². The molecule has 2 rings (SSSR count). The van der Waals surface area contributed by atoms with Gasteiger partial charge in [-0.3, -0.25) is 0 Å². The van der Waals surface area contributed by atoms with Crippen LogP contribution in [0.4, 0.5) is 0 Å². The van der Waals surface area contributed by atoms with Gasteiger partial charge in [0.1, 0.15) is 0 Å². The summed E-state index contributed by atoms with van der Waals surface area (Å²) in [4.78, 5) is 6.15. The molecule has 1 aromatic carbocycles. The number of nitrogens with zero attached hydrogens (tertiary/aromatic N) is 4. The van der Waals surface area contributed by atoms with E-state index in [-0.39, 0.29) is 11.4 Å². The molecule has 0 spiro atoms. The van der Waals surface area contributed by atoms with Gasteiger partial charge in [0, 0.05) is 6.08 Å². The Bertz CT molecular complexity index is 515. The Morgan fingerprint density at radius 3 is 2.43 bits per heavy atom. The van der Waals surface area contributed by atoms with Gasteiger partial charge in [0.05, 0.1) is 5.56 Å². The molecule has 1 aliphatic carbocycles. The van der Waals surface area contributed by atoms with Crippen molar-refractivity contribution < 1.29 is 9.58 Å². The van der Waals surface area contributed by atoms with Crippen molar-refractivity contribution in [3.63, 3.8) is 0 Å². The summed E-state index contributed by atoms with van der Waals surface area (Å²) in [6.45, 7) is 0. The summed E-state index contributed by atoms with van der Waals surface area (Å²) >= 11 is 0. The van der Waals surface area contributed by atoms with Crippen LogP contribution in [0.5, 0.6) is 0 Å². The second-order valence-corrected chi connectivity index (χ2v) is 2.85. The van der Waals surface area contributed by atoms with E-state index in [1.807, 2.05) is 18.2 Å². The number of benzene rings is 1. The molecule has 1 aliphatic rings. The van der Waals surface area contributed by atoms with E-state index < -0.39 is 0 Å². The van der Waals surface area contributed by atoms with E-state index in [0.29, 0.717) is 0 Å².